The summed E-state index contributed by atoms with van der Waals surface area (Å²) in [5.74, 6) is 1.22. The van der Waals surface area contributed by atoms with Crippen molar-refractivity contribution >= 4 is 5.91 Å². The molecule has 0 aliphatic carbocycles. The van der Waals surface area contributed by atoms with Gasteiger partial charge in [0.05, 0.1) is 12.1 Å². The molecule has 1 amide bonds. The minimum Gasteiger partial charge on any atom is -0.465 e. The Balaban J connectivity index is 1.80. The molecule has 0 radical (unpaired) electrons. The standard InChI is InChI=1S/C18H16N2O3/c1-13-7-9-16(23-13)11-19-18(22)14-8-10-17(21)20(12-14)15-5-3-2-4-6-15/h2-10,12H,11H2,1H3,(H,19,22). The lowest BCUT2D eigenvalue weighted by Crippen LogP contribution is -2.25. The molecule has 2 heterocycles. The molecule has 0 bridgehead atoms. The first kappa shape index (κ1) is 14.8. The van der Waals surface area contributed by atoms with Gasteiger partial charge in [-0.15, -0.1) is 0 Å². The summed E-state index contributed by atoms with van der Waals surface area (Å²) < 4.78 is 6.86. The van der Waals surface area contributed by atoms with E-state index < -0.39 is 0 Å². The molecule has 23 heavy (non-hydrogen) atoms. The van der Waals surface area contributed by atoms with E-state index in [9.17, 15) is 9.59 Å². The fourth-order valence-electron chi connectivity index (χ4n) is 2.26. The third kappa shape index (κ3) is 3.40. The number of pyridine rings is 1. The van der Waals surface area contributed by atoms with Crippen LogP contribution < -0.4 is 10.9 Å². The Bertz CT molecular complexity index is 879. The zero-order chi connectivity index (χ0) is 16.2. The van der Waals surface area contributed by atoms with Crippen LogP contribution in [0.1, 0.15) is 21.9 Å². The Hall–Kier alpha value is -3.08. The van der Waals surface area contributed by atoms with Crippen LogP contribution in [0.3, 0.4) is 0 Å². The largest absolute Gasteiger partial charge is 0.465 e. The molecule has 0 aliphatic rings. The maximum Gasteiger partial charge on any atom is 0.255 e. The Morgan fingerprint density at radius 2 is 1.87 bits per heavy atom. The number of nitrogens with zero attached hydrogens (tertiary/aromatic N) is 1. The van der Waals surface area contributed by atoms with E-state index in [4.69, 9.17) is 4.42 Å². The van der Waals surface area contributed by atoms with Gasteiger partial charge in [-0.3, -0.25) is 14.2 Å². The van der Waals surface area contributed by atoms with Gasteiger partial charge in [-0.25, -0.2) is 0 Å². The van der Waals surface area contributed by atoms with Gasteiger partial charge in [0.25, 0.3) is 11.5 Å². The highest BCUT2D eigenvalue weighted by Gasteiger charge is 2.09. The number of aromatic nitrogens is 1. The van der Waals surface area contributed by atoms with E-state index in [1.807, 2.05) is 49.4 Å². The molecule has 0 spiro atoms. The Kier molecular flexibility index (Phi) is 4.10. The van der Waals surface area contributed by atoms with Crippen molar-refractivity contribution in [2.45, 2.75) is 13.5 Å². The number of hydrogen-bond acceptors (Lipinski definition) is 3. The number of rotatable bonds is 4. The first-order valence-corrected chi connectivity index (χ1v) is 7.25. The zero-order valence-corrected chi connectivity index (χ0v) is 12.7. The molecule has 0 unspecified atom stereocenters. The van der Waals surface area contributed by atoms with Crippen LogP contribution in [0.15, 0.2) is 70.0 Å². The van der Waals surface area contributed by atoms with E-state index in [-0.39, 0.29) is 11.5 Å². The summed E-state index contributed by atoms with van der Waals surface area (Å²) in [5.41, 5.74) is 0.944. The summed E-state index contributed by atoms with van der Waals surface area (Å²) in [6.07, 6.45) is 1.54. The predicted octanol–water partition coefficient (Wildman–Crippen LogP) is 2.67. The highest BCUT2D eigenvalue weighted by atomic mass is 16.3. The van der Waals surface area contributed by atoms with Gasteiger partial charge in [0, 0.05) is 18.0 Å². The van der Waals surface area contributed by atoms with Gasteiger partial charge in [-0.1, -0.05) is 18.2 Å². The number of benzene rings is 1. The van der Waals surface area contributed by atoms with E-state index in [2.05, 4.69) is 5.32 Å². The van der Waals surface area contributed by atoms with Crippen molar-refractivity contribution in [2.75, 3.05) is 0 Å². The second-order valence-electron chi connectivity index (χ2n) is 5.16. The lowest BCUT2D eigenvalue weighted by atomic mass is 10.2. The fraction of sp³-hybridized carbons (Fsp3) is 0.111. The summed E-state index contributed by atoms with van der Waals surface area (Å²) in [7, 11) is 0. The number of nitrogens with one attached hydrogen (secondary N) is 1. The van der Waals surface area contributed by atoms with Crippen LogP contribution in [0.4, 0.5) is 0 Å². The van der Waals surface area contributed by atoms with Crippen molar-refractivity contribution in [3.63, 3.8) is 0 Å². The highest BCUT2D eigenvalue weighted by Crippen LogP contribution is 2.08. The van der Waals surface area contributed by atoms with Gasteiger partial charge in [0.15, 0.2) is 0 Å². The highest BCUT2D eigenvalue weighted by molar-refractivity contribution is 5.93. The number of hydrogen-bond donors (Lipinski definition) is 1. The summed E-state index contributed by atoms with van der Waals surface area (Å²) >= 11 is 0. The second-order valence-corrected chi connectivity index (χ2v) is 5.16. The average Bonchev–Trinajstić information content (AvgIpc) is 2.99. The number of para-hydroxylation sites is 1. The minimum absolute atomic E-state index is 0.186. The van der Waals surface area contributed by atoms with Crippen molar-refractivity contribution in [2.24, 2.45) is 0 Å². The minimum atomic E-state index is -0.260. The lowest BCUT2D eigenvalue weighted by molar-refractivity contribution is 0.0947. The monoisotopic (exact) mass is 308 g/mol. The normalized spacial score (nSPS) is 10.5. The molecule has 0 atom stereocenters. The van der Waals surface area contributed by atoms with Crippen LogP contribution in [-0.2, 0) is 6.54 Å². The third-order valence-electron chi connectivity index (χ3n) is 3.43. The smallest absolute Gasteiger partial charge is 0.255 e. The van der Waals surface area contributed by atoms with Gasteiger partial charge < -0.3 is 9.73 Å². The maximum absolute atomic E-state index is 12.3. The molecular formula is C18H16N2O3. The van der Waals surface area contributed by atoms with E-state index in [1.165, 1.54) is 16.7 Å². The first-order valence-electron chi connectivity index (χ1n) is 7.25. The second kappa shape index (κ2) is 6.36. The van der Waals surface area contributed by atoms with Crippen LogP contribution in [0.5, 0.6) is 0 Å². The number of amides is 1. The molecule has 2 aromatic heterocycles. The van der Waals surface area contributed by atoms with Gasteiger partial charge in [-0.2, -0.15) is 0 Å². The van der Waals surface area contributed by atoms with Crippen molar-refractivity contribution in [1.29, 1.82) is 0 Å². The van der Waals surface area contributed by atoms with Crippen LogP contribution in [0, 0.1) is 6.92 Å². The summed E-state index contributed by atoms with van der Waals surface area (Å²) in [6.45, 7) is 2.15. The van der Waals surface area contributed by atoms with E-state index in [0.29, 0.717) is 23.6 Å². The Labute approximate surface area is 133 Å². The number of carbonyl (C=O) groups excluding carboxylic acids is 1. The molecular weight excluding hydrogens is 292 g/mol. The first-order chi connectivity index (χ1) is 11.1. The van der Waals surface area contributed by atoms with Gasteiger partial charge >= 0.3 is 0 Å². The van der Waals surface area contributed by atoms with Crippen LogP contribution in [-0.4, -0.2) is 10.5 Å². The van der Waals surface area contributed by atoms with E-state index >= 15 is 0 Å². The van der Waals surface area contributed by atoms with Gasteiger partial charge in [-0.05, 0) is 37.3 Å². The van der Waals surface area contributed by atoms with Crippen molar-refractivity contribution in [1.82, 2.24) is 9.88 Å². The van der Waals surface area contributed by atoms with E-state index in [0.717, 1.165) is 5.76 Å². The molecule has 1 aromatic carbocycles. The lowest BCUT2D eigenvalue weighted by Gasteiger charge is -2.08. The summed E-state index contributed by atoms with van der Waals surface area (Å²) in [4.78, 5) is 24.2. The molecule has 0 saturated carbocycles. The van der Waals surface area contributed by atoms with Crippen molar-refractivity contribution in [3.05, 3.63) is 88.2 Å². The van der Waals surface area contributed by atoms with Crippen LogP contribution in [0.25, 0.3) is 5.69 Å². The molecule has 5 heteroatoms. The van der Waals surface area contributed by atoms with Crippen molar-refractivity contribution in [3.8, 4) is 5.69 Å². The molecule has 0 aliphatic heterocycles. The Morgan fingerprint density at radius 3 is 2.57 bits per heavy atom. The molecule has 0 saturated heterocycles. The quantitative estimate of drug-likeness (QED) is 0.806. The van der Waals surface area contributed by atoms with Gasteiger partial charge in [0.2, 0.25) is 0 Å². The van der Waals surface area contributed by atoms with Crippen LogP contribution >= 0.6 is 0 Å². The van der Waals surface area contributed by atoms with Crippen LogP contribution in [0.2, 0.25) is 0 Å². The van der Waals surface area contributed by atoms with Crippen molar-refractivity contribution < 1.29 is 9.21 Å². The number of furan rings is 1. The SMILES string of the molecule is Cc1ccc(CNC(=O)c2ccc(=O)n(-c3ccccc3)c2)o1. The molecule has 1 N–H and O–H groups in total. The molecule has 3 rings (SSSR count). The average molecular weight is 308 g/mol. The Morgan fingerprint density at radius 1 is 1.09 bits per heavy atom. The van der Waals surface area contributed by atoms with Gasteiger partial charge in [0.1, 0.15) is 11.5 Å². The molecule has 3 aromatic rings. The van der Waals surface area contributed by atoms with E-state index in [1.54, 1.807) is 6.20 Å². The third-order valence-corrected chi connectivity index (χ3v) is 3.43. The number of aryl methyl sites for hydroxylation is 1. The predicted molar refractivity (Wildman–Crippen MR) is 86.7 cm³/mol. The maximum atomic E-state index is 12.3. The topological polar surface area (TPSA) is 64.2 Å². The summed E-state index contributed by atoms with van der Waals surface area (Å²) in [6, 6.07) is 15.8. The molecule has 116 valence electrons. The molecule has 5 nitrogen and oxygen atoms in total. The summed E-state index contributed by atoms with van der Waals surface area (Å²) in [5, 5.41) is 2.78. The fourth-order valence-corrected chi connectivity index (χ4v) is 2.26. The zero-order valence-electron chi connectivity index (χ0n) is 12.7. The number of carbonyl (C=O) groups is 1. The molecule has 0 fully saturated rings.